The molecule has 9 heteroatoms. The minimum Gasteiger partial charge on any atom is -0.334 e. The van der Waals surface area contributed by atoms with E-state index in [9.17, 15) is 10.1 Å². The number of benzene rings is 2. The van der Waals surface area contributed by atoms with Crippen LogP contribution in [-0.2, 0) is 0 Å². The molecule has 28 heavy (non-hydrogen) atoms. The maximum absolute atomic E-state index is 11.8. The summed E-state index contributed by atoms with van der Waals surface area (Å²) in [6, 6.07) is 13.6. The zero-order chi connectivity index (χ0) is 19.5. The molecule has 9 nitrogen and oxygen atoms in total. The predicted molar refractivity (Wildman–Crippen MR) is 109 cm³/mol. The molecule has 0 spiro atoms. The summed E-state index contributed by atoms with van der Waals surface area (Å²) in [6.07, 6.45) is 1.33. The van der Waals surface area contributed by atoms with Crippen LogP contribution in [0.1, 0.15) is 0 Å². The lowest BCUT2D eigenvalue weighted by molar-refractivity contribution is -0.383. The van der Waals surface area contributed by atoms with Crippen molar-refractivity contribution in [1.29, 1.82) is 0 Å². The number of hydrogen-bond donors (Lipinski definition) is 2. The van der Waals surface area contributed by atoms with Gasteiger partial charge >= 0.3 is 5.69 Å². The third kappa shape index (κ3) is 3.71. The van der Waals surface area contributed by atoms with Crippen molar-refractivity contribution in [2.75, 3.05) is 44.0 Å². The maximum Gasteiger partial charge on any atom is 0.354 e. The molecule has 2 heterocycles. The molecule has 2 aromatic carbocycles. The molecule has 4 rings (SSSR count). The highest BCUT2D eigenvalue weighted by Gasteiger charge is 2.25. The number of likely N-dealkylation sites (N-methyl/N-ethyl adjacent to an activating group) is 1. The first-order chi connectivity index (χ1) is 13.6. The van der Waals surface area contributed by atoms with Crippen LogP contribution in [-0.4, -0.2) is 58.0 Å². The number of nitro groups is 1. The Balaban J connectivity index is 1.66. The molecule has 0 bridgehead atoms. The van der Waals surface area contributed by atoms with Gasteiger partial charge in [0.1, 0.15) is 6.33 Å². The van der Waals surface area contributed by atoms with Crippen molar-refractivity contribution >= 4 is 33.8 Å². The van der Waals surface area contributed by atoms with Crippen LogP contribution in [0.2, 0.25) is 0 Å². The van der Waals surface area contributed by atoms with Crippen LogP contribution < -0.4 is 10.7 Å². The molecule has 144 valence electrons. The second-order valence-corrected chi connectivity index (χ2v) is 6.73. The summed E-state index contributed by atoms with van der Waals surface area (Å²) in [5.74, 6) is 0.347. The molecule has 1 aliphatic rings. The number of hydrazine groups is 1. The Bertz CT molecular complexity index is 997. The van der Waals surface area contributed by atoms with Crippen LogP contribution in [0.4, 0.5) is 23.0 Å². The van der Waals surface area contributed by atoms with Gasteiger partial charge in [-0.3, -0.25) is 15.5 Å². The van der Waals surface area contributed by atoms with Gasteiger partial charge in [0.25, 0.3) is 0 Å². The first-order valence-electron chi connectivity index (χ1n) is 9.06. The Labute approximate surface area is 162 Å². The first-order valence-corrected chi connectivity index (χ1v) is 9.06. The van der Waals surface area contributed by atoms with Crippen molar-refractivity contribution < 1.29 is 4.92 Å². The van der Waals surface area contributed by atoms with Crippen LogP contribution in [0.25, 0.3) is 10.8 Å². The Morgan fingerprint density at radius 2 is 1.71 bits per heavy atom. The molecule has 1 fully saturated rings. The highest BCUT2D eigenvalue weighted by molar-refractivity contribution is 5.95. The lowest BCUT2D eigenvalue weighted by Gasteiger charge is -2.32. The highest BCUT2D eigenvalue weighted by Crippen LogP contribution is 2.33. The number of nitrogens with one attached hydrogen (secondary N) is 2. The van der Waals surface area contributed by atoms with Gasteiger partial charge in [-0.25, -0.2) is 15.0 Å². The number of rotatable bonds is 5. The van der Waals surface area contributed by atoms with Crippen LogP contribution >= 0.6 is 0 Å². The lowest BCUT2D eigenvalue weighted by Crippen LogP contribution is -2.47. The van der Waals surface area contributed by atoms with Crippen molar-refractivity contribution in [2.45, 2.75) is 0 Å². The van der Waals surface area contributed by atoms with Crippen LogP contribution in [0.5, 0.6) is 0 Å². The molecule has 0 radical (unpaired) electrons. The fourth-order valence-electron chi connectivity index (χ4n) is 3.25. The number of hydrogen-bond acceptors (Lipinski definition) is 8. The van der Waals surface area contributed by atoms with Gasteiger partial charge in [0, 0.05) is 37.3 Å². The molecule has 0 atom stereocenters. The SMILES string of the molecule is CN1CCN(Nc2ncnc(Nc3cccc4ccccc34)c2[N+](=O)[O-])CC1. The maximum atomic E-state index is 11.8. The van der Waals surface area contributed by atoms with E-state index in [0.29, 0.717) is 0 Å². The molecule has 2 N–H and O–H groups in total. The summed E-state index contributed by atoms with van der Waals surface area (Å²) in [4.78, 5) is 21.8. The summed E-state index contributed by atoms with van der Waals surface area (Å²) in [5, 5.41) is 18.9. The van der Waals surface area contributed by atoms with E-state index in [2.05, 4.69) is 32.7 Å². The number of aromatic nitrogens is 2. The summed E-state index contributed by atoms with van der Waals surface area (Å²) in [5.41, 5.74) is 3.67. The molecule has 0 amide bonds. The molecule has 0 aliphatic carbocycles. The topological polar surface area (TPSA) is 99.5 Å². The fraction of sp³-hybridized carbons (Fsp3) is 0.263. The average Bonchev–Trinajstić information content (AvgIpc) is 2.70. The van der Waals surface area contributed by atoms with Gasteiger partial charge < -0.3 is 10.2 Å². The van der Waals surface area contributed by atoms with Gasteiger partial charge in [-0.15, -0.1) is 0 Å². The lowest BCUT2D eigenvalue weighted by atomic mass is 10.1. The molecule has 3 aromatic rings. The average molecular weight is 379 g/mol. The quantitative estimate of drug-likeness (QED) is 0.516. The minimum absolute atomic E-state index is 0.160. The molecule has 0 saturated carbocycles. The fourth-order valence-corrected chi connectivity index (χ4v) is 3.25. The van der Waals surface area contributed by atoms with Crippen LogP contribution in [0.3, 0.4) is 0 Å². The third-order valence-corrected chi connectivity index (χ3v) is 4.81. The highest BCUT2D eigenvalue weighted by atomic mass is 16.6. The van der Waals surface area contributed by atoms with E-state index in [1.165, 1.54) is 6.33 Å². The molecule has 0 unspecified atom stereocenters. The van der Waals surface area contributed by atoms with E-state index >= 15 is 0 Å². The Kier molecular flexibility index (Phi) is 5.00. The Morgan fingerprint density at radius 1 is 1.00 bits per heavy atom. The zero-order valence-electron chi connectivity index (χ0n) is 15.5. The van der Waals surface area contributed by atoms with E-state index < -0.39 is 4.92 Å². The molecular weight excluding hydrogens is 358 g/mol. The van der Waals surface area contributed by atoms with Gasteiger partial charge in [-0.1, -0.05) is 36.4 Å². The summed E-state index contributed by atoms with van der Waals surface area (Å²) < 4.78 is 0. The van der Waals surface area contributed by atoms with E-state index in [0.717, 1.165) is 42.6 Å². The normalized spacial score (nSPS) is 15.5. The summed E-state index contributed by atoms with van der Waals surface area (Å²) >= 11 is 0. The smallest absolute Gasteiger partial charge is 0.334 e. The second-order valence-electron chi connectivity index (χ2n) is 6.73. The second kappa shape index (κ2) is 7.75. The number of nitrogens with zero attached hydrogens (tertiary/aromatic N) is 5. The van der Waals surface area contributed by atoms with Gasteiger partial charge in [0.05, 0.1) is 4.92 Å². The third-order valence-electron chi connectivity index (χ3n) is 4.81. The van der Waals surface area contributed by atoms with Crippen molar-refractivity contribution in [3.05, 3.63) is 58.9 Å². The van der Waals surface area contributed by atoms with Crippen molar-refractivity contribution in [3.8, 4) is 0 Å². The van der Waals surface area contributed by atoms with Crippen molar-refractivity contribution in [1.82, 2.24) is 19.9 Å². The van der Waals surface area contributed by atoms with E-state index in [1.807, 2.05) is 47.5 Å². The first kappa shape index (κ1) is 18.1. The van der Waals surface area contributed by atoms with Gasteiger partial charge in [0.15, 0.2) is 0 Å². The zero-order valence-corrected chi connectivity index (χ0v) is 15.5. The Morgan fingerprint density at radius 3 is 2.50 bits per heavy atom. The van der Waals surface area contributed by atoms with Gasteiger partial charge in [-0.2, -0.15) is 0 Å². The summed E-state index contributed by atoms with van der Waals surface area (Å²) in [6.45, 7) is 3.27. The van der Waals surface area contributed by atoms with E-state index in [-0.39, 0.29) is 17.3 Å². The van der Waals surface area contributed by atoms with Gasteiger partial charge in [-0.05, 0) is 18.5 Å². The monoisotopic (exact) mass is 379 g/mol. The van der Waals surface area contributed by atoms with Crippen LogP contribution in [0, 0.1) is 10.1 Å². The number of fused-ring (bicyclic) bond motifs is 1. The van der Waals surface area contributed by atoms with E-state index in [1.54, 1.807) is 0 Å². The number of piperazine rings is 1. The standard InChI is InChI=1S/C19H21N7O2/c1-24-9-11-25(12-10-24)23-19-17(26(27)28)18(20-13-21-19)22-16-8-4-6-14-5-2-3-7-15(14)16/h2-8,13H,9-12H2,1H3,(H2,20,21,22,23). The molecule has 1 saturated heterocycles. The van der Waals surface area contributed by atoms with E-state index in [4.69, 9.17) is 0 Å². The molecule has 1 aromatic heterocycles. The Hall–Kier alpha value is -3.30. The molecular formula is C19H21N7O2. The van der Waals surface area contributed by atoms with Crippen molar-refractivity contribution in [2.24, 2.45) is 0 Å². The van der Waals surface area contributed by atoms with Crippen molar-refractivity contribution in [3.63, 3.8) is 0 Å². The van der Waals surface area contributed by atoms with Crippen LogP contribution in [0.15, 0.2) is 48.8 Å². The predicted octanol–water partition coefficient (Wildman–Crippen LogP) is 2.86. The minimum atomic E-state index is -0.453. The summed E-state index contributed by atoms with van der Waals surface area (Å²) in [7, 11) is 2.05. The van der Waals surface area contributed by atoms with Gasteiger partial charge in [0.2, 0.25) is 11.6 Å². The number of anilines is 3. The largest absolute Gasteiger partial charge is 0.354 e. The molecule has 1 aliphatic heterocycles.